The molecule has 0 atom stereocenters. The number of ether oxygens (including phenoxy) is 1. The van der Waals surface area contributed by atoms with Gasteiger partial charge in [0.15, 0.2) is 11.0 Å². The monoisotopic (exact) mass is 302 g/mol. The molecule has 0 radical (unpaired) electrons. The second-order valence-corrected chi connectivity index (χ2v) is 4.35. The molecule has 2 rings (SSSR count). The molecule has 0 fully saturated rings. The zero-order valence-electron chi connectivity index (χ0n) is 10.2. The van der Waals surface area contributed by atoms with Crippen molar-refractivity contribution in [3.8, 4) is 17.1 Å². The summed E-state index contributed by atoms with van der Waals surface area (Å²) in [7, 11) is 0. The summed E-state index contributed by atoms with van der Waals surface area (Å²) in [6, 6.07) is 5.20. The van der Waals surface area contributed by atoms with Crippen molar-refractivity contribution in [1.82, 2.24) is 15.0 Å². The number of nitrogens with two attached hydrogens (primary N) is 1. The van der Waals surface area contributed by atoms with E-state index in [1.807, 2.05) is 0 Å². The third-order valence-corrected chi connectivity index (χ3v) is 2.71. The van der Waals surface area contributed by atoms with Crippen LogP contribution < -0.4 is 10.5 Å². The van der Waals surface area contributed by atoms with E-state index in [9.17, 15) is 13.2 Å². The van der Waals surface area contributed by atoms with E-state index in [2.05, 4.69) is 19.7 Å². The Morgan fingerprint density at radius 3 is 2.30 bits per heavy atom. The zero-order chi connectivity index (χ0) is 14.8. The number of nitrogens with zero attached hydrogens (tertiary/aromatic N) is 3. The zero-order valence-corrected chi connectivity index (χ0v) is 11.0. The van der Waals surface area contributed by atoms with Gasteiger partial charge in [0.05, 0.1) is 0 Å². The Morgan fingerprint density at radius 2 is 1.75 bits per heavy atom. The van der Waals surface area contributed by atoms with Crippen molar-refractivity contribution < 1.29 is 17.9 Å². The van der Waals surface area contributed by atoms with E-state index in [-0.39, 0.29) is 11.7 Å². The van der Waals surface area contributed by atoms with Crippen LogP contribution in [0.3, 0.4) is 0 Å². The SMILES string of the molecule is CSc1nc(N)nc(-c2ccc(OC(F)(F)F)cc2)n1. The summed E-state index contributed by atoms with van der Waals surface area (Å²) < 4.78 is 39.9. The lowest BCUT2D eigenvalue weighted by Gasteiger charge is -2.09. The average Bonchev–Trinajstić information content (AvgIpc) is 2.37. The largest absolute Gasteiger partial charge is 0.573 e. The van der Waals surface area contributed by atoms with E-state index in [1.54, 1.807) is 6.26 Å². The van der Waals surface area contributed by atoms with E-state index >= 15 is 0 Å². The van der Waals surface area contributed by atoms with Gasteiger partial charge >= 0.3 is 6.36 Å². The highest BCUT2D eigenvalue weighted by Gasteiger charge is 2.30. The highest BCUT2D eigenvalue weighted by atomic mass is 32.2. The molecular formula is C11H9F3N4OS. The lowest BCUT2D eigenvalue weighted by molar-refractivity contribution is -0.274. The maximum absolute atomic E-state index is 12.0. The lowest BCUT2D eigenvalue weighted by atomic mass is 10.2. The van der Waals surface area contributed by atoms with Crippen molar-refractivity contribution >= 4 is 17.7 Å². The Labute approximate surface area is 116 Å². The predicted octanol–water partition coefficient (Wildman–Crippen LogP) is 2.74. The summed E-state index contributed by atoms with van der Waals surface area (Å²) in [4.78, 5) is 11.9. The molecule has 0 aliphatic carbocycles. The van der Waals surface area contributed by atoms with E-state index < -0.39 is 6.36 Å². The molecule has 2 aromatic rings. The lowest BCUT2D eigenvalue weighted by Crippen LogP contribution is -2.16. The van der Waals surface area contributed by atoms with Gasteiger partial charge in [0.25, 0.3) is 0 Å². The van der Waals surface area contributed by atoms with E-state index in [1.165, 1.54) is 36.0 Å². The van der Waals surface area contributed by atoms with E-state index in [0.29, 0.717) is 16.5 Å². The second kappa shape index (κ2) is 5.53. The summed E-state index contributed by atoms with van der Waals surface area (Å²) >= 11 is 1.29. The summed E-state index contributed by atoms with van der Waals surface area (Å²) in [6.45, 7) is 0. The smallest absolute Gasteiger partial charge is 0.406 e. The number of rotatable bonds is 3. The first kappa shape index (κ1) is 14.4. The molecule has 9 heteroatoms. The molecule has 0 amide bonds. The van der Waals surface area contributed by atoms with Gasteiger partial charge < -0.3 is 10.5 Å². The highest BCUT2D eigenvalue weighted by Crippen LogP contribution is 2.25. The molecule has 0 spiro atoms. The molecule has 2 N–H and O–H groups in total. The highest BCUT2D eigenvalue weighted by molar-refractivity contribution is 7.98. The fourth-order valence-electron chi connectivity index (χ4n) is 1.40. The number of nitrogen functional groups attached to an aromatic ring is 1. The van der Waals surface area contributed by atoms with Crippen LogP contribution in [0.2, 0.25) is 0 Å². The number of benzene rings is 1. The topological polar surface area (TPSA) is 73.9 Å². The van der Waals surface area contributed by atoms with E-state index in [0.717, 1.165) is 0 Å². The summed E-state index contributed by atoms with van der Waals surface area (Å²) in [6.07, 6.45) is -2.94. The number of halogens is 3. The number of anilines is 1. The summed E-state index contributed by atoms with van der Waals surface area (Å²) in [5, 5.41) is 0.433. The van der Waals surface area contributed by atoms with Gasteiger partial charge in [0.2, 0.25) is 5.95 Å². The first-order valence-corrected chi connectivity index (χ1v) is 6.51. The van der Waals surface area contributed by atoms with E-state index in [4.69, 9.17) is 5.73 Å². The van der Waals surface area contributed by atoms with Gasteiger partial charge in [-0.2, -0.15) is 9.97 Å². The van der Waals surface area contributed by atoms with Crippen LogP contribution in [0.25, 0.3) is 11.4 Å². The Hall–Kier alpha value is -2.03. The van der Waals surface area contributed by atoms with Gasteiger partial charge in [-0.25, -0.2) is 4.98 Å². The number of thioether (sulfide) groups is 1. The van der Waals surface area contributed by atoms with Gasteiger partial charge in [-0.15, -0.1) is 13.2 Å². The second-order valence-electron chi connectivity index (χ2n) is 3.58. The standard InChI is InChI=1S/C11H9F3N4OS/c1-20-10-17-8(16-9(15)18-10)6-2-4-7(5-3-6)19-11(12,13)14/h2-5H,1H3,(H2,15,16,17,18). The van der Waals surface area contributed by atoms with Crippen LogP contribution in [-0.4, -0.2) is 27.6 Å². The molecule has 106 valence electrons. The van der Waals surface area contributed by atoms with Crippen molar-refractivity contribution in [2.24, 2.45) is 0 Å². The quantitative estimate of drug-likeness (QED) is 0.879. The van der Waals surface area contributed by atoms with Crippen molar-refractivity contribution in [3.63, 3.8) is 0 Å². The van der Waals surface area contributed by atoms with Crippen LogP contribution in [0.15, 0.2) is 29.4 Å². The molecule has 0 unspecified atom stereocenters. The third kappa shape index (κ3) is 3.73. The van der Waals surface area contributed by atoms with Crippen LogP contribution in [-0.2, 0) is 0 Å². The van der Waals surface area contributed by atoms with Crippen molar-refractivity contribution in [2.75, 3.05) is 12.0 Å². The molecule has 0 saturated heterocycles. The Bertz CT molecular complexity index is 604. The molecule has 5 nitrogen and oxygen atoms in total. The normalized spacial score (nSPS) is 11.4. The number of alkyl halides is 3. The number of hydrogen-bond donors (Lipinski definition) is 1. The minimum Gasteiger partial charge on any atom is -0.406 e. The van der Waals surface area contributed by atoms with Crippen molar-refractivity contribution in [2.45, 2.75) is 11.5 Å². The molecular weight excluding hydrogens is 293 g/mol. The molecule has 20 heavy (non-hydrogen) atoms. The molecule has 1 aromatic heterocycles. The maximum Gasteiger partial charge on any atom is 0.573 e. The van der Waals surface area contributed by atoms with Gasteiger partial charge in [0.1, 0.15) is 5.75 Å². The van der Waals surface area contributed by atoms with Crippen LogP contribution in [0.1, 0.15) is 0 Å². The van der Waals surface area contributed by atoms with Crippen LogP contribution in [0.5, 0.6) is 5.75 Å². The minimum absolute atomic E-state index is 0.0509. The molecule has 0 bridgehead atoms. The Kier molecular flexibility index (Phi) is 3.98. The Morgan fingerprint density at radius 1 is 1.10 bits per heavy atom. The van der Waals surface area contributed by atoms with Crippen LogP contribution in [0.4, 0.5) is 19.1 Å². The first-order chi connectivity index (χ1) is 9.37. The predicted molar refractivity (Wildman–Crippen MR) is 68.1 cm³/mol. The van der Waals surface area contributed by atoms with Gasteiger partial charge in [-0.3, -0.25) is 0 Å². The Balaban J connectivity index is 2.28. The molecule has 0 aliphatic heterocycles. The van der Waals surface area contributed by atoms with Gasteiger partial charge in [-0.1, -0.05) is 11.8 Å². The first-order valence-electron chi connectivity index (χ1n) is 5.29. The van der Waals surface area contributed by atoms with Gasteiger partial charge in [0, 0.05) is 5.56 Å². The third-order valence-electron chi connectivity index (χ3n) is 2.16. The molecule has 0 aliphatic rings. The number of hydrogen-bond acceptors (Lipinski definition) is 6. The molecule has 0 saturated carbocycles. The average molecular weight is 302 g/mol. The maximum atomic E-state index is 12.0. The van der Waals surface area contributed by atoms with Crippen molar-refractivity contribution in [1.29, 1.82) is 0 Å². The summed E-state index contributed by atoms with van der Waals surface area (Å²) in [5.74, 6) is 0.0312. The van der Waals surface area contributed by atoms with Crippen molar-refractivity contribution in [3.05, 3.63) is 24.3 Å². The number of aromatic nitrogens is 3. The summed E-state index contributed by atoms with van der Waals surface area (Å²) in [5.41, 5.74) is 6.05. The minimum atomic E-state index is -4.72. The molecule has 1 heterocycles. The fraction of sp³-hybridized carbons (Fsp3) is 0.182. The fourth-order valence-corrected chi connectivity index (χ4v) is 1.76. The van der Waals surface area contributed by atoms with Gasteiger partial charge in [-0.05, 0) is 30.5 Å². The van der Waals surface area contributed by atoms with Crippen LogP contribution in [0, 0.1) is 0 Å². The molecule has 1 aromatic carbocycles. The van der Waals surface area contributed by atoms with Crippen LogP contribution >= 0.6 is 11.8 Å².